The van der Waals surface area contributed by atoms with Crippen LogP contribution in [0.5, 0.6) is 0 Å². The van der Waals surface area contributed by atoms with E-state index in [1.165, 1.54) is 48.7 Å². The lowest BCUT2D eigenvalue weighted by molar-refractivity contribution is -0.858. The number of aromatic amines is 1. The lowest BCUT2D eigenvalue weighted by Gasteiger charge is -2.06. The third-order valence-electron chi connectivity index (χ3n) is 4.32. The van der Waals surface area contributed by atoms with Gasteiger partial charge >= 0.3 is 5.97 Å². The SMILES string of the molecule is C[NH+](C)CCCCCc1c[nH]c2ccccc12.O=C([O-])CCCCC(=O)O. The summed E-state index contributed by atoms with van der Waals surface area (Å²) in [6.45, 7) is 1.29. The van der Waals surface area contributed by atoms with E-state index in [-0.39, 0.29) is 12.8 Å². The number of H-pyrrole nitrogens is 1. The number of quaternary nitrogens is 1. The summed E-state index contributed by atoms with van der Waals surface area (Å²) in [5, 5.41) is 19.3. The van der Waals surface area contributed by atoms with E-state index in [0.717, 1.165) is 0 Å². The van der Waals surface area contributed by atoms with Gasteiger partial charge in [-0.05, 0) is 56.6 Å². The number of unbranched alkanes of at least 4 members (excludes halogenated alkanes) is 3. The number of para-hydroxylation sites is 1. The first kappa shape index (κ1) is 22.7. The van der Waals surface area contributed by atoms with E-state index in [4.69, 9.17) is 5.11 Å². The van der Waals surface area contributed by atoms with E-state index in [9.17, 15) is 14.7 Å². The molecule has 1 aromatic heterocycles. The number of aryl methyl sites for hydroxylation is 1. The molecule has 0 amide bonds. The summed E-state index contributed by atoms with van der Waals surface area (Å²) in [6.07, 6.45) is 8.12. The lowest BCUT2D eigenvalue weighted by atomic mass is 10.1. The Hall–Kier alpha value is -2.34. The molecule has 27 heavy (non-hydrogen) atoms. The molecule has 6 heteroatoms. The van der Waals surface area contributed by atoms with Crippen molar-refractivity contribution >= 4 is 22.8 Å². The molecule has 0 aliphatic carbocycles. The zero-order valence-corrected chi connectivity index (χ0v) is 16.4. The summed E-state index contributed by atoms with van der Waals surface area (Å²) < 4.78 is 0. The fourth-order valence-electron chi connectivity index (χ4n) is 2.85. The Balaban J connectivity index is 0.000000314. The molecule has 0 aliphatic heterocycles. The standard InChI is InChI=1S/C15H22N2.C6H10O4/c1-17(2)11-7-3-4-8-13-12-16-15-10-6-5-9-14(13)15;7-5(8)3-1-2-4-6(9)10/h5-6,9-10,12,16H,3-4,7-8,11H2,1-2H3;1-4H2,(H,7,8)(H,9,10). The van der Waals surface area contributed by atoms with Crippen molar-refractivity contribution < 1.29 is 24.7 Å². The number of fused-ring (bicyclic) bond motifs is 1. The molecule has 150 valence electrons. The maximum absolute atomic E-state index is 9.88. The van der Waals surface area contributed by atoms with Gasteiger partial charge in [-0.15, -0.1) is 0 Å². The predicted molar refractivity (Wildman–Crippen MR) is 105 cm³/mol. The number of carboxylic acid groups (broad SMARTS) is 2. The van der Waals surface area contributed by atoms with Crippen molar-refractivity contribution in [3.8, 4) is 0 Å². The third kappa shape index (κ3) is 10.4. The molecule has 0 saturated carbocycles. The first-order valence-electron chi connectivity index (χ1n) is 9.65. The van der Waals surface area contributed by atoms with Crippen molar-refractivity contribution in [1.82, 2.24) is 4.98 Å². The highest BCUT2D eigenvalue weighted by Gasteiger charge is 2.02. The topological polar surface area (TPSA) is 97.7 Å². The van der Waals surface area contributed by atoms with Gasteiger partial charge in [0.2, 0.25) is 0 Å². The Kier molecular flexibility index (Phi) is 10.9. The molecule has 0 radical (unpaired) electrons. The highest BCUT2D eigenvalue weighted by atomic mass is 16.4. The molecule has 0 spiro atoms. The minimum atomic E-state index is -1.12. The minimum Gasteiger partial charge on any atom is -0.550 e. The number of hydrogen-bond donors (Lipinski definition) is 3. The number of hydrogen-bond acceptors (Lipinski definition) is 3. The van der Waals surface area contributed by atoms with Crippen molar-refractivity contribution in [3.63, 3.8) is 0 Å². The van der Waals surface area contributed by atoms with E-state index in [1.807, 2.05) is 0 Å². The smallest absolute Gasteiger partial charge is 0.303 e. The minimum absolute atomic E-state index is 0.0350. The Morgan fingerprint density at radius 1 is 1.04 bits per heavy atom. The maximum Gasteiger partial charge on any atom is 0.303 e. The van der Waals surface area contributed by atoms with Crippen LogP contribution < -0.4 is 10.0 Å². The number of carboxylic acids is 2. The largest absolute Gasteiger partial charge is 0.550 e. The zero-order chi connectivity index (χ0) is 20.1. The molecule has 0 atom stereocenters. The second-order valence-corrected chi connectivity index (χ2v) is 7.10. The number of carbonyl (C=O) groups excluding carboxylic acids is 1. The average molecular weight is 376 g/mol. The fraction of sp³-hybridized carbons (Fsp3) is 0.524. The van der Waals surface area contributed by atoms with Gasteiger partial charge in [0.15, 0.2) is 0 Å². The summed E-state index contributed by atoms with van der Waals surface area (Å²) in [6, 6.07) is 8.57. The van der Waals surface area contributed by atoms with Crippen LogP contribution in [0, 0.1) is 0 Å². The van der Waals surface area contributed by atoms with Crippen LogP contribution in [0.2, 0.25) is 0 Å². The van der Waals surface area contributed by atoms with Crippen LogP contribution in [0.1, 0.15) is 50.5 Å². The number of rotatable bonds is 11. The summed E-state index contributed by atoms with van der Waals surface area (Å²) >= 11 is 0. The van der Waals surface area contributed by atoms with Crippen LogP contribution in [0.15, 0.2) is 30.5 Å². The van der Waals surface area contributed by atoms with Crippen molar-refractivity contribution in [2.24, 2.45) is 0 Å². The van der Waals surface area contributed by atoms with Gasteiger partial charge in [-0.3, -0.25) is 4.79 Å². The summed E-state index contributed by atoms with van der Waals surface area (Å²) in [4.78, 5) is 24.6. The summed E-state index contributed by atoms with van der Waals surface area (Å²) in [7, 11) is 4.44. The van der Waals surface area contributed by atoms with Crippen LogP contribution in [-0.4, -0.2) is 42.7 Å². The van der Waals surface area contributed by atoms with Crippen LogP contribution >= 0.6 is 0 Å². The zero-order valence-electron chi connectivity index (χ0n) is 16.4. The van der Waals surface area contributed by atoms with Gasteiger partial charge in [0, 0.05) is 29.5 Å². The van der Waals surface area contributed by atoms with E-state index >= 15 is 0 Å². The highest BCUT2D eigenvalue weighted by molar-refractivity contribution is 5.82. The fourth-order valence-corrected chi connectivity index (χ4v) is 2.85. The van der Waals surface area contributed by atoms with Gasteiger partial charge < -0.3 is 24.9 Å². The monoisotopic (exact) mass is 376 g/mol. The van der Waals surface area contributed by atoms with Crippen LogP contribution in [-0.2, 0) is 16.0 Å². The number of aliphatic carboxylic acids is 2. The molecule has 1 heterocycles. The molecule has 6 nitrogen and oxygen atoms in total. The number of benzene rings is 1. The molecule has 1 aromatic carbocycles. The molecule has 3 N–H and O–H groups in total. The molecular formula is C21H32N2O4. The first-order chi connectivity index (χ1) is 12.9. The first-order valence-corrected chi connectivity index (χ1v) is 9.65. The second-order valence-electron chi connectivity index (χ2n) is 7.10. The van der Waals surface area contributed by atoms with Crippen molar-refractivity contribution in [2.45, 2.75) is 51.4 Å². The number of nitrogens with one attached hydrogen (secondary N) is 2. The normalized spacial score (nSPS) is 10.6. The predicted octanol–water partition coefficient (Wildman–Crippen LogP) is 1.41. The van der Waals surface area contributed by atoms with Gasteiger partial charge in [-0.2, -0.15) is 0 Å². The molecule has 0 aliphatic rings. The van der Waals surface area contributed by atoms with Gasteiger partial charge in [-0.1, -0.05) is 18.2 Å². The van der Waals surface area contributed by atoms with E-state index in [0.29, 0.717) is 12.8 Å². The van der Waals surface area contributed by atoms with Crippen LogP contribution in [0.25, 0.3) is 10.9 Å². The van der Waals surface area contributed by atoms with E-state index in [1.54, 1.807) is 4.90 Å². The van der Waals surface area contributed by atoms with Gasteiger partial charge in [-0.25, -0.2) is 0 Å². The lowest BCUT2D eigenvalue weighted by Crippen LogP contribution is -3.05. The molecular weight excluding hydrogens is 344 g/mol. The highest BCUT2D eigenvalue weighted by Crippen LogP contribution is 2.19. The molecule has 2 rings (SSSR count). The number of carbonyl (C=O) groups is 2. The van der Waals surface area contributed by atoms with Gasteiger partial charge in [0.05, 0.1) is 20.6 Å². The number of aromatic nitrogens is 1. The Bertz CT molecular complexity index is 678. The van der Waals surface area contributed by atoms with Crippen molar-refractivity contribution in [3.05, 3.63) is 36.0 Å². The average Bonchev–Trinajstić information content (AvgIpc) is 3.02. The van der Waals surface area contributed by atoms with E-state index in [2.05, 4.69) is 49.5 Å². The van der Waals surface area contributed by atoms with Crippen LogP contribution in [0.4, 0.5) is 0 Å². The van der Waals surface area contributed by atoms with E-state index < -0.39 is 11.9 Å². The summed E-state index contributed by atoms with van der Waals surface area (Å²) in [5.74, 6) is -2.01. The quantitative estimate of drug-likeness (QED) is 0.517. The van der Waals surface area contributed by atoms with Crippen molar-refractivity contribution in [1.29, 1.82) is 0 Å². The molecule has 0 unspecified atom stereocenters. The Morgan fingerprint density at radius 3 is 2.41 bits per heavy atom. The Labute approximate surface area is 161 Å². The van der Waals surface area contributed by atoms with Crippen molar-refractivity contribution in [2.75, 3.05) is 20.6 Å². The third-order valence-corrected chi connectivity index (χ3v) is 4.32. The maximum atomic E-state index is 9.88. The Morgan fingerprint density at radius 2 is 1.74 bits per heavy atom. The second kappa shape index (κ2) is 12.9. The van der Waals surface area contributed by atoms with Gasteiger partial charge in [0.1, 0.15) is 0 Å². The van der Waals surface area contributed by atoms with Crippen LogP contribution in [0.3, 0.4) is 0 Å². The molecule has 0 fully saturated rings. The molecule has 0 bridgehead atoms. The summed E-state index contributed by atoms with van der Waals surface area (Å²) in [5.41, 5.74) is 2.73. The van der Waals surface area contributed by atoms with Gasteiger partial charge in [0.25, 0.3) is 0 Å². The molecule has 0 saturated heterocycles. The molecule has 2 aromatic rings.